The van der Waals surface area contributed by atoms with Gasteiger partial charge in [0.2, 0.25) is 0 Å². The van der Waals surface area contributed by atoms with E-state index in [1.165, 1.54) is 0 Å². The summed E-state index contributed by atoms with van der Waals surface area (Å²) in [7, 11) is 0. The summed E-state index contributed by atoms with van der Waals surface area (Å²) in [6.45, 7) is 14.7. The Morgan fingerprint density at radius 2 is 0.633 bits per heavy atom. The van der Waals surface area contributed by atoms with Crippen LogP contribution in [-0.2, 0) is 0 Å². The van der Waals surface area contributed by atoms with Crippen LogP contribution in [0, 0.1) is 58.5 Å². The molecule has 0 amide bonds. The van der Waals surface area contributed by atoms with E-state index in [0.717, 1.165) is 99.1 Å². The molecule has 0 saturated heterocycles. The van der Waals surface area contributed by atoms with Crippen molar-refractivity contribution in [2.75, 3.05) is 0 Å². The molecule has 16 aromatic rings. The maximum atomic E-state index is 14.4. The van der Waals surface area contributed by atoms with Gasteiger partial charge in [0.1, 0.15) is 11.3 Å². The van der Waals surface area contributed by atoms with Crippen molar-refractivity contribution in [3.63, 3.8) is 0 Å². The predicted molar refractivity (Wildman–Crippen MR) is 354 cm³/mol. The zero-order valence-corrected chi connectivity index (χ0v) is 47.2. The van der Waals surface area contributed by atoms with Crippen LogP contribution in [0.1, 0.15) is 22.3 Å². The van der Waals surface area contributed by atoms with Crippen molar-refractivity contribution < 1.29 is 0 Å². The van der Waals surface area contributed by atoms with Gasteiger partial charge in [0.15, 0.2) is 11.4 Å². The topological polar surface area (TPSA) is 173 Å². The van der Waals surface area contributed by atoms with Gasteiger partial charge in [0.05, 0.1) is 81.7 Å². The van der Waals surface area contributed by atoms with Crippen molar-refractivity contribution in [2.45, 2.75) is 0 Å². The van der Waals surface area contributed by atoms with E-state index in [9.17, 15) is 30.6 Å². The van der Waals surface area contributed by atoms with Gasteiger partial charge in [-0.3, -0.25) is 18.4 Å². The van der Waals surface area contributed by atoms with Crippen LogP contribution in [0.2, 0.25) is 0 Å². The Balaban J connectivity index is 0.000000150. The summed E-state index contributed by atoms with van der Waals surface area (Å²) < 4.78 is 3.41. The van der Waals surface area contributed by atoms with E-state index in [2.05, 4.69) is 46.1 Å². The first-order valence-electron chi connectivity index (χ1n) is 28.5. The second-order valence-electron chi connectivity index (χ2n) is 21.8. The lowest BCUT2D eigenvalue weighted by Crippen LogP contribution is -2.13. The van der Waals surface area contributed by atoms with E-state index >= 15 is 0 Å². The molecule has 12 nitrogen and oxygen atoms in total. The Bertz CT molecular complexity index is 5760. The number of aromatic nitrogens is 4. The average molecular weight is 1150 g/mol. The highest BCUT2D eigenvalue weighted by Crippen LogP contribution is 2.42. The Hall–Kier alpha value is -13.6. The molecule has 90 heavy (non-hydrogen) atoms. The molecule has 0 aliphatic rings. The largest absolute Gasteiger partial charge is 0.268 e. The molecule has 0 aliphatic carbocycles. The van der Waals surface area contributed by atoms with Gasteiger partial charge in [-0.15, -0.1) is 0 Å². The molecule has 0 bridgehead atoms. The number of hydrogen-bond donors (Lipinski definition) is 0. The molecule has 0 N–H and O–H groups in total. The highest BCUT2D eigenvalue weighted by Gasteiger charge is 2.24. The lowest BCUT2D eigenvalue weighted by atomic mass is 9.94. The number of benzene rings is 12. The molecule has 12 aromatic carbocycles. The molecule has 16 rings (SSSR count). The third-order valence-electron chi connectivity index (χ3n) is 16.9. The van der Waals surface area contributed by atoms with Crippen LogP contribution >= 0.6 is 0 Å². The van der Waals surface area contributed by atoms with Crippen LogP contribution in [0.25, 0.3) is 153 Å². The monoisotopic (exact) mass is 1150 g/mol. The predicted octanol–water partition coefficient (Wildman–Crippen LogP) is 17.8. The third-order valence-corrected chi connectivity index (χ3v) is 16.9. The summed E-state index contributed by atoms with van der Waals surface area (Å²) in [5, 5.41) is 43.8. The quantitative estimate of drug-likeness (QED) is 0.148. The summed E-state index contributed by atoms with van der Waals surface area (Å²) in [5.41, 5.74) is 17.8. The molecule has 0 atom stereocenters. The molecular weight excluding hydrogens is 1110 g/mol. The van der Waals surface area contributed by atoms with Gasteiger partial charge in [-0.2, -0.15) is 21.0 Å². The number of fused-ring (bicyclic) bond motifs is 8. The fourth-order valence-corrected chi connectivity index (χ4v) is 12.5. The number of rotatable bonds is 6. The van der Waals surface area contributed by atoms with E-state index in [-0.39, 0.29) is 11.1 Å². The Morgan fingerprint density at radius 1 is 0.322 bits per heavy atom. The molecule has 412 valence electrons. The average Bonchev–Trinajstić information content (AvgIpc) is 1.54. The Labute approximate surface area is 512 Å². The minimum Gasteiger partial charge on any atom is -0.268 e. The highest BCUT2D eigenvalue weighted by atomic mass is 16.1. The maximum absolute atomic E-state index is 14.4. The van der Waals surface area contributed by atoms with Gasteiger partial charge < -0.3 is 0 Å². The fourth-order valence-electron chi connectivity index (χ4n) is 12.5. The van der Waals surface area contributed by atoms with E-state index in [1.807, 2.05) is 146 Å². The molecule has 4 heterocycles. The molecule has 0 spiro atoms. The first-order chi connectivity index (χ1) is 44.1. The van der Waals surface area contributed by atoms with Crippen LogP contribution in [0.15, 0.2) is 240 Å². The molecule has 0 fully saturated rings. The number of nitrogens with zero attached hydrogens (tertiary/aromatic N) is 10. The fraction of sp³-hybridized carbons (Fsp3) is 0. The van der Waals surface area contributed by atoms with Crippen LogP contribution in [0.3, 0.4) is 0 Å². The smallest absolute Gasteiger partial charge is 0.264 e. The van der Waals surface area contributed by atoms with Crippen molar-refractivity contribution in [3.05, 3.63) is 296 Å². The minimum absolute atomic E-state index is 0.158. The minimum atomic E-state index is -0.158. The number of imidazole rings is 2. The summed E-state index contributed by atoms with van der Waals surface area (Å²) in [5.74, 6) is 0. The third kappa shape index (κ3) is 8.55. The van der Waals surface area contributed by atoms with Crippen LogP contribution < -0.4 is 11.1 Å². The van der Waals surface area contributed by atoms with Crippen LogP contribution in [0.5, 0.6) is 0 Å². The Morgan fingerprint density at radius 3 is 1.00 bits per heavy atom. The molecule has 0 unspecified atom stereocenters. The Kier molecular flexibility index (Phi) is 12.5. The maximum Gasteiger partial charge on any atom is 0.264 e. The molecule has 12 heteroatoms. The van der Waals surface area contributed by atoms with Crippen LogP contribution in [0.4, 0.5) is 11.4 Å². The number of nitriles is 4. The molecule has 0 radical (unpaired) electrons. The van der Waals surface area contributed by atoms with Gasteiger partial charge in [-0.25, -0.2) is 19.7 Å². The van der Waals surface area contributed by atoms with Crippen molar-refractivity contribution >= 4 is 87.8 Å². The SMILES string of the molecule is [C-]#[N+]c1ccc(-c2cc(-c3ccc(C#N)cc3)c3nc4c5ccc(-c6ccc(C#N)cc6)c6cccc(c(=O)n4c3c2)c65)cc1.[C-]#[N+]c1ccc(-c2cc(-c3ccc(C#N)cc3)c3nc4c5cccc6c(-c7ccc(C#N)cc7)ccc(c(=O)n4c3c2)c65)cc1. The van der Waals surface area contributed by atoms with Gasteiger partial charge >= 0.3 is 0 Å². The van der Waals surface area contributed by atoms with E-state index in [4.69, 9.17) is 23.1 Å². The van der Waals surface area contributed by atoms with Crippen molar-refractivity contribution in [1.82, 2.24) is 18.8 Å². The zero-order valence-electron chi connectivity index (χ0n) is 47.2. The van der Waals surface area contributed by atoms with E-state index in [1.54, 1.807) is 81.6 Å². The zero-order chi connectivity index (χ0) is 61.3. The molecule has 4 aromatic heterocycles. The van der Waals surface area contributed by atoms with E-state index < -0.39 is 0 Å². The molecular formula is C78H38N10O2. The number of pyridine rings is 2. The number of hydrogen-bond acceptors (Lipinski definition) is 8. The van der Waals surface area contributed by atoms with Crippen molar-refractivity contribution in [2.24, 2.45) is 0 Å². The second kappa shape index (κ2) is 21.2. The lowest BCUT2D eigenvalue weighted by molar-refractivity contribution is 1.19. The second-order valence-corrected chi connectivity index (χ2v) is 21.8. The summed E-state index contributed by atoms with van der Waals surface area (Å²) >= 11 is 0. The summed E-state index contributed by atoms with van der Waals surface area (Å²) in [6, 6.07) is 80.9. The molecule has 0 saturated carbocycles. The molecule has 0 aliphatic heterocycles. The van der Waals surface area contributed by atoms with Gasteiger partial charge in [0.25, 0.3) is 11.1 Å². The first-order valence-corrected chi connectivity index (χ1v) is 28.5. The van der Waals surface area contributed by atoms with Crippen molar-refractivity contribution in [3.8, 4) is 91.0 Å². The standard InChI is InChI=1S/2C39H19N5O/c1-42-29-15-13-25(14-16-29)28-19-34(27-11-7-24(22-41)8-12-27)37-35(20-28)44-38(43-37)32-18-17-30(26-9-5-23(21-40)6-10-26)31-3-2-4-33(36(31)32)39(44)45;1-42-29-15-13-25(14-16-29)28-19-34(27-11-7-24(22-41)8-12-27)37-35(20-28)44-38(43-37)32-4-2-3-31-30(17-18-33(36(31)32)39(44)45)26-9-5-23(21-40)6-10-26/h2*2-20H. The van der Waals surface area contributed by atoms with Gasteiger partial charge in [0, 0.05) is 43.4 Å². The lowest BCUT2D eigenvalue weighted by Gasteiger charge is -2.12. The van der Waals surface area contributed by atoms with Gasteiger partial charge in [-0.1, -0.05) is 140 Å². The first kappa shape index (κ1) is 53.1. The van der Waals surface area contributed by atoms with Crippen LogP contribution in [-0.4, -0.2) is 18.8 Å². The highest BCUT2D eigenvalue weighted by molar-refractivity contribution is 6.21. The van der Waals surface area contributed by atoms with E-state index in [0.29, 0.717) is 77.8 Å². The van der Waals surface area contributed by atoms with Gasteiger partial charge in [-0.05, 0) is 157 Å². The summed E-state index contributed by atoms with van der Waals surface area (Å²) in [6.07, 6.45) is 0. The normalized spacial score (nSPS) is 11.1. The summed E-state index contributed by atoms with van der Waals surface area (Å²) in [4.78, 5) is 46.1. The van der Waals surface area contributed by atoms with Crippen molar-refractivity contribution in [1.29, 1.82) is 21.0 Å².